The largest absolute Gasteiger partial charge is 0.384 e. The van der Waals surface area contributed by atoms with Crippen molar-refractivity contribution in [1.29, 1.82) is 0 Å². The van der Waals surface area contributed by atoms with Crippen LogP contribution in [-0.2, 0) is 7.05 Å². The molecule has 0 spiro atoms. The molecule has 0 saturated heterocycles. The molecule has 6 nitrogen and oxygen atoms in total. The van der Waals surface area contributed by atoms with Crippen LogP contribution in [0.15, 0.2) is 18.5 Å². The van der Waals surface area contributed by atoms with Crippen LogP contribution in [0.2, 0.25) is 0 Å². The lowest BCUT2D eigenvalue weighted by atomic mass is 10.4. The molecule has 0 atom stereocenters. The number of anilines is 2. The highest BCUT2D eigenvalue weighted by Gasteiger charge is 2.09. The molecule has 3 N–H and O–H groups in total. The van der Waals surface area contributed by atoms with Gasteiger partial charge in [0.1, 0.15) is 11.5 Å². The Labute approximate surface area is 87.2 Å². The molecule has 0 aliphatic heterocycles. The van der Waals surface area contributed by atoms with Crippen molar-refractivity contribution in [2.45, 2.75) is 0 Å². The summed E-state index contributed by atoms with van der Waals surface area (Å²) in [6.45, 7) is 0. The van der Waals surface area contributed by atoms with E-state index >= 15 is 0 Å². The summed E-state index contributed by atoms with van der Waals surface area (Å²) in [5.41, 5.74) is 6.41. The molecular weight excluding hydrogens is 192 g/mol. The van der Waals surface area contributed by atoms with Crippen LogP contribution in [0.25, 0.3) is 11.5 Å². The van der Waals surface area contributed by atoms with Gasteiger partial charge in [-0.05, 0) is 6.07 Å². The van der Waals surface area contributed by atoms with Gasteiger partial charge in [0.15, 0.2) is 5.82 Å². The summed E-state index contributed by atoms with van der Waals surface area (Å²) in [6.07, 6.45) is 3.34. The molecule has 0 bridgehead atoms. The van der Waals surface area contributed by atoms with E-state index in [-0.39, 0.29) is 0 Å². The van der Waals surface area contributed by atoms with Gasteiger partial charge in [-0.25, -0.2) is 15.0 Å². The van der Waals surface area contributed by atoms with Crippen molar-refractivity contribution in [3.05, 3.63) is 18.5 Å². The average molecular weight is 204 g/mol. The number of nitrogen functional groups attached to an aromatic ring is 1. The Morgan fingerprint density at radius 3 is 2.80 bits per heavy atom. The number of hydrogen-bond donors (Lipinski definition) is 2. The van der Waals surface area contributed by atoms with Crippen molar-refractivity contribution in [1.82, 2.24) is 19.5 Å². The van der Waals surface area contributed by atoms with Crippen LogP contribution in [0, 0.1) is 0 Å². The van der Waals surface area contributed by atoms with E-state index in [1.54, 1.807) is 18.5 Å². The second-order valence-electron chi connectivity index (χ2n) is 3.08. The summed E-state index contributed by atoms with van der Waals surface area (Å²) in [4.78, 5) is 12.4. The summed E-state index contributed by atoms with van der Waals surface area (Å²) in [5.74, 6) is 1.79. The van der Waals surface area contributed by atoms with Gasteiger partial charge in [0, 0.05) is 20.3 Å². The third-order valence-electron chi connectivity index (χ3n) is 2.12. The van der Waals surface area contributed by atoms with Gasteiger partial charge in [-0.1, -0.05) is 0 Å². The number of nitrogens with two attached hydrogens (primary N) is 1. The fourth-order valence-corrected chi connectivity index (χ4v) is 1.35. The number of hydrogen-bond acceptors (Lipinski definition) is 5. The van der Waals surface area contributed by atoms with E-state index in [9.17, 15) is 0 Å². The van der Waals surface area contributed by atoms with Crippen LogP contribution in [0.3, 0.4) is 0 Å². The molecule has 0 aromatic carbocycles. The molecule has 0 saturated carbocycles. The summed E-state index contributed by atoms with van der Waals surface area (Å²) in [6, 6.07) is 1.65. The monoisotopic (exact) mass is 204 g/mol. The van der Waals surface area contributed by atoms with E-state index < -0.39 is 0 Å². The molecule has 78 valence electrons. The Balaban J connectivity index is 2.49. The highest BCUT2D eigenvalue weighted by Crippen LogP contribution is 2.17. The van der Waals surface area contributed by atoms with Crippen molar-refractivity contribution in [2.75, 3.05) is 18.1 Å². The van der Waals surface area contributed by atoms with Crippen molar-refractivity contribution in [3.8, 4) is 11.5 Å². The molecule has 2 aromatic heterocycles. The van der Waals surface area contributed by atoms with E-state index in [1.165, 1.54) is 0 Å². The second kappa shape index (κ2) is 3.56. The lowest BCUT2D eigenvalue weighted by Gasteiger charge is -2.03. The van der Waals surface area contributed by atoms with E-state index in [4.69, 9.17) is 5.73 Å². The first-order chi connectivity index (χ1) is 7.22. The van der Waals surface area contributed by atoms with Crippen LogP contribution in [0.5, 0.6) is 0 Å². The highest BCUT2D eigenvalue weighted by molar-refractivity contribution is 5.54. The molecule has 0 unspecified atom stereocenters. The third kappa shape index (κ3) is 1.61. The van der Waals surface area contributed by atoms with E-state index in [2.05, 4.69) is 20.3 Å². The van der Waals surface area contributed by atoms with Crippen molar-refractivity contribution < 1.29 is 0 Å². The van der Waals surface area contributed by atoms with Gasteiger partial charge in [0.05, 0.1) is 6.20 Å². The first kappa shape index (κ1) is 9.45. The topological polar surface area (TPSA) is 81.7 Å². The Kier molecular flexibility index (Phi) is 2.24. The smallest absolute Gasteiger partial charge is 0.202 e. The molecular formula is C9H12N6. The van der Waals surface area contributed by atoms with Crippen molar-refractivity contribution >= 4 is 11.8 Å². The number of nitrogens with one attached hydrogen (secondary N) is 1. The van der Waals surface area contributed by atoms with Gasteiger partial charge in [0.2, 0.25) is 5.95 Å². The third-order valence-corrected chi connectivity index (χ3v) is 2.12. The Bertz CT molecular complexity index is 475. The molecule has 0 radical (unpaired) electrons. The Morgan fingerprint density at radius 2 is 2.20 bits per heavy atom. The van der Waals surface area contributed by atoms with Crippen LogP contribution in [0.1, 0.15) is 0 Å². The Hall–Kier alpha value is -2.11. The number of rotatable bonds is 2. The number of nitrogens with zero attached hydrogens (tertiary/aromatic N) is 4. The molecule has 2 heterocycles. The van der Waals surface area contributed by atoms with Gasteiger partial charge < -0.3 is 15.6 Å². The molecule has 6 heteroatoms. The van der Waals surface area contributed by atoms with E-state index in [0.29, 0.717) is 11.6 Å². The molecule has 2 aromatic rings. The van der Waals surface area contributed by atoms with Crippen LogP contribution in [0.4, 0.5) is 11.8 Å². The number of aromatic nitrogens is 4. The summed E-state index contributed by atoms with van der Waals surface area (Å²) < 4.78 is 1.87. The van der Waals surface area contributed by atoms with Gasteiger partial charge in [-0.3, -0.25) is 0 Å². The zero-order chi connectivity index (χ0) is 10.8. The predicted octanol–water partition coefficient (Wildman–Crippen LogP) is 0.501. The molecule has 2 rings (SSSR count). The number of imidazole rings is 1. The standard InChI is InChI=1S/C9H12N6/c1-11-9-13-5-6(15(9)2)8-12-4-3-7(10)14-8/h3-5H,1-2H3,(H,11,13)(H2,10,12,14). The summed E-state index contributed by atoms with van der Waals surface area (Å²) in [7, 11) is 3.70. The van der Waals surface area contributed by atoms with Crippen LogP contribution in [-0.4, -0.2) is 26.6 Å². The average Bonchev–Trinajstić information content (AvgIpc) is 2.59. The minimum atomic E-state index is 0.451. The first-order valence-electron chi connectivity index (χ1n) is 4.50. The normalized spacial score (nSPS) is 10.3. The fraction of sp³-hybridized carbons (Fsp3) is 0.222. The van der Waals surface area contributed by atoms with Gasteiger partial charge in [-0.15, -0.1) is 0 Å². The maximum atomic E-state index is 5.59. The zero-order valence-corrected chi connectivity index (χ0v) is 8.60. The fourth-order valence-electron chi connectivity index (χ4n) is 1.35. The SMILES string of the molecule is CNc1ncc(-c2nccc(N)n2)n1C. The molecule has 15 heavy (non-hydrogen) atoms. The van der Waals surface area contributed by atoms with Crippen molar-refractivity contribution in [2.24, 2.45) is 7.05 Å². The lowest BCUT2D eigenvalue weighted by Crippen LogP contribution is -2.02. The van der Waals surface area contributed by atoms with Gasteiger partial charge >= 0.3 is 0 Å². The first-order valence-corrected chi connectivity index (χ1v) is 4.50. The predicted molar refractivity (Wildman–Crippen MR) is 58.2 cm³/mol. The van der Waals surface area contributed by atoms with Gasteiger partial charge in [0.25, 0.3) is 0 Å². The lowest BCUT2D eigenvalue weighted by molar-refractivity contribution is 0.915. The van der Waals surface area contributed by atoms with E-state index in [1.807, 2.05) is 18.7 Å². The van der Waals surface area contributed by atoms with E-state index in [0.717, 1.165) is 11.6 Å². The summed E-state index contributed by atoms with van der Waals surface area (Å²) >= 11 is 0. The minimum absolute atomic E-state index is 0.451. The minimum Gasteiger partial charge on any atom is -0.384 e. The summed E-state index contributed by atoms with van der Waals surface area (Å²) in [5, 5.41) is 2.97. The van der Waals surface area contributed by atoms with Crippen LogP contribution >= 0.6 is 0 Å². The van der Waals surface area contributed by atoms with Crippen molar-refractivity contribution in [3.63, 3.8) is 0 Å². The van der Waals surface area contributed by atoms with Gasteiger partial charge in [-0.2, -0.15) is 0 Å². The van der Waals surface area contributed by atoms with Crippen LogP contribution < -0.4 is 11.1 Å². The quantitative estimate of drug-likeness (QED) is 0.744. The maximum Gasteiger partial charge on any atom is 0.202 e. The second-order valence-corrected chi connectivity index (χ2v) is 3.08. The molecule has 0 aliphatic carbocycles. The molecule has 0 aliphatic rings. The zero-order valence-electron chi connectivity index (χ0n) is 8.60. The Morgan fingerprint density at radius 1 is 1.40 bits per heavy atom. The maximum absolute atomic E-state index is 5.59. The highest BCUT2D eigenvalue weighted by atomic mass is 15.2. The molecule has 0 amide bonds. The molecule has 0 fully saturated rings.